The maximum absolute atomic E-state index is 12.8. The number of aromatic nitrogens is 2. The maximum Gasteiger partial charge on any atom is 0.326 e. The second kappa shape index (κ2) is 6.53. The molecule has 1 aliphatic rings. The van der Waals surface area contributed by atoms with Crippen LogP contribution in [0.15, 0.2) is 77.6 Å². The molecule has 0 atom stereocenters. The van der Waals surface area contributed by atoms with Crippen molar-refractivity contribution in [3.63, 3.8) is 0 Å². The third kappa shape index (κ3) is 2.82. The van der Waals surface area contributed by atoms with Crippen LogP contribution >= 0.6 is 0 Å². The van der Waals surface area contributed by atoms with Gasteiger partial charge in [0.25, 0.3) is 5.91 Å². The van der Waals surface area contributed by atoms with Crippen LogP contribution in [0.1, 0.15) is 11.1 Å². The molecule has 3 aromatic carbocycles. The topological polar surface area (TPSA) is 78.9 Å². The molecular weight excluding hydrogens is 364 g/mol. The number of nitrogens with one attached hydrogen (secondary N) is 3. The van der Waals surface area contributed by atoms with Crippen molar-refractivity contribution in [3.8, 4) is 0 Å². The number of carbonyl (C=O) groups excluding carboxylic acids is 1. The SMILES string of the molecule is Cn1c(=O)[nH]c2cc(NC(=C3C(=O)Nc4ccccc43)c3ccccc3)ccc21. The molecule has 29 heavy (non-hydrogen) atoms. The molecule has 0 radical (unpaired) electrons. The lowest BCUT2D eigenvalue weighted by Gasteiger charge is -2.15. The summed E-state index contributed by atoms with van der Waals surface area (Å²) in [6, 6.07) is 23.0. The highest BCUT2D eigenvalue weighted by atomic mass is 16.2. The van der Waals surface area contributed by atoms with Gasteiger partial charge < -0.3 is 15.6 Å². The zero-order chi connectivity index (χ0) is 20.0. The summed E-state index contributed by atoms with van der Waals surface area (Å²) in [5, 5.41) is 6.35. The Bertz CT molecular complexity index is 1350. The third-order valence-electron chi connectivity index (χ3n) is 5.16. The number of para-hydroxylation sites is 1. The van der Waals surface area contributed by atoms with Crippen molar-refractivity contribution in [2.45, 2.75) is 0 Å². The van der Waals surface area contributed by atoms with E-state index in [1.54, 1.807) is 11.6 Å². The van der Waals surface area contributed by atoms with Gasteiger partial charge in [0.05, 0.1) is 22.3 Å². The van der Waals surface area contributed by atoms with Crippen molar-refractivity contribution in [3.05, 3.63) is 94.4 Å². The normalized spacial score (nSPS) is 14.6. The molecule has 1 aliphatic heterocycles. The standard InChI is InChI=1S/C23H18N4O2/c1-27-19-12-11-15(13-18(19)26-23(27)29)24-21(14-7-3-2-4-8-14)20-16-9-5-6-10-17(16)25-22(20)28/h2-13,24H,1H3,(H,25,28)(H,26,29). The largest absolute Gasteiger partial charge is 0.354 e. The molecular formula is C23H18N4O2. The Kier molecular flexibility index (Phi) is 3.84. The first-order chi connectivity index (χ1) is 14.1. The fourth-order valence-corrected chi connectivity index (χ4v) is 3.71. The smallest absolute Gasteiger partial charge is 0.326 e. The first kappa shape index (κ1) is 17.1. The van der Waals surface area contributed by atoms with Gasteiger partial charge >= 0.3 is 5.69 Å². The summed E-state index contributed by atoms with van der Waals surface area (Å²) in [6.07, 6.45) is 0. The van der Waals surface area contributed by atoms with Crippen LogP contribution < -0.4 is 16.3 Å². The van der Waals surface area contributed by atoms with Crippen LogP contribution in [0.25, 0.3) is 22.3 Å². The summed E-state index contributed by atoms with van der Waals surface area (Å²) in [5.74, 6) is -0.147. The molecule has 142 valence electrons. The lowest BCUT2D eigenvalue weighted by atomic mass is 10.00. The minimum absolute atomic E-state index is 0.147. The lowest BCUT2D eigenvalue weighted by molar-refractivity contribution is -0.110. The van der Waals surface area contributed by atoms with Gasteiger partial charge in [0.1, 0.15) is 0 Å². The number of amides is 1. The van der Waals surface area contributed by atoms with Crippen molar-refractivity contribution < 1.29 is 4.79 Å². The molecule has 6 nitrogen and oxygen atoms in total. The summed E-state index contributed by atoms with van der Waals surface area (Å²) in [4.78, 5) is 27.6. The number of imidazole rings is 1. The molecule has 0 aliphatic carbocycles. The predicted octanol–water partition coefficient (Wildman–Crippen LogP) is 3.80. The van der Waals surface area contributed by atoms with Crippen LogP contribution in [-0.4, -0.2) is 15.5 Å². The Morgan fingerprint density at radius 3 is 2.52 bits per heavy atom. The predicted molar refractivity (Wildman–Crippen MR) is 115 cm³/mol. The van der Waals surface area contributed by atoms with Crippen LogP contribution in [0.2, 0.25) is 0 Å². The van der Waals surface area contributed by atoms with Crippen molar-refractivity contribution in [2.24, 2.45) is 7.05 Å². The van der Waals surface area contributed by atoms with E-state index in [4.69, 9.17) is 0 Å². The second-order valence-corrected chi connectivity index (χ2v) is 6.96. The summed E-state index contributed by atoms with van der Waals surface area (Å²) in [7, 11) is 1.73. The Hall–Kier alpha value is -4.06. The van der Waals surface area contributed by atoms with Crippen LogP contribution in [0.4, 0.5) is 11.4 Å². The van der Waals surface area contributed by atoms with E-state index in [0.29, 0.717) is 11.3 Å². The van der Waals surface area contributed by atoms with Gasteiger partial charge in [-0.15, -0.1) is 0 Å². The average Bonchev–Trinajstić information content (AvgIpc) is 3.22. The minimum Gasteiger partial charge on any atom is -0.354 e. The van der Waals surface area contributed by atoms with Gasteiger partial charge in [0.15, 0.2) is 0 Å². The van der Waals surface area contributed by atoms with E-state index in [1.165, 1.54) is 0 Å². The molecule has 1 aromatic heterocycles. The average molecular weight is 382 g/mol. The highest BCUT2D eigenvalue weighted by molar-refractivity contribution is 6.37. The Balaban J connectivity index is 1.69. The van der Waals surface area contributed by atoms with Crippen LogP contribution in [0.3, 0.4) is 0 Å². The van der Waals surface area contributed by atoms with Gasteiger partial charge in [-0.3, -0.25) is 9.36 Å². The molecule has 1 amide bonds. The highest BCUT2D eigenvalue weighted by Crippen LogP contribution is 2.37. The monoisotopic (exact) mass is 382 g/mol. The van der Waals surface area contributed by atoms with Crippen molar-refractivity contribution >= 4 is 39.6 Å². The van der Waals surface area contributed by atoms with E-state index >= 15 is 0 Å². The zero-order valence-corrected chi connectivity index (χ0v) is 15.7. The fraction of sp³-hybridized carbons (Fsp3) is 0.0435. The second-order valence-electron chi connectivity index (χ2n) is 6.96. The lowest BCUT2D eigenvalue weighted by Crippen LogP contribution is -2.11. The van der Waals surface area contributed by atoms with Gasteiger partial charge in [-0.2, -0.15) is 0 Å². The van der Waals surface area contributed by atoms with Gasteiger partial charge in [-0.05, 0) is 29.8 Å². The zero-order valence-electron chi connectivity index (χ0n) is 15.7. The van der Waals surface area contributed by atoms with E-state index in [9.17, 15) is 9.59 Å². The number of H-pyrrole nitrogens is 1. The van der Waals surface area contributed by atoms with E-state index < -0.39 is 0 Å². The number of benzene rings is 3. The molecule has 3 N–H and O–H groups in total. The quantitative estimate of drug-likeness (QED) is 0.472. The van der Waals surface area contributed by atoms with Crippen LogP contribution in [-0.2, 0) is 11.8 Å². The number of hydrogen-bond acceptors (Lipinski definition) is 3. The number of nitrogens with zero attached hydrogens (tertiary/aromatic N) is 1. The molecule has 0 fully saturated rings. The van der Waals surface area contributed by atoms with E-state index in [2.05, 4.69) is 15.6 Å². The van der Waals surface area contributed by atoms with Crippen molar-refractivity contribution in [1.82, 2.24) is 9.55 Å². The molecule has 0 saturated carbocycles. The third-order valence-corrected chi connectivity index (χ3v) is 5.16. The molecule has 0 saturated heterocycles. The number of fused-ring (bicyclic) bond motifs is 2. The molecule has 0 unspecified atom stereocenters. The van der Waals surface area contributed by atoms with E-state index in [-0.39, 0.29) is 11.6 Å². The summed E-state index contributed by atoms with van der Waals surface area (Å²) in [5.41, 5.74) is 6.03. The fourth-order valence-electron chi connectivity index (χ4n) is 3.71. The van der Waals surface area contributed by atoms with Crippen LogP contribution in [0.5, 0.6) is 0 Å². The minimum atomic E-state index is -0.164. The number of aromatic amines is 1. The number of rotatable bonds is 3. The first-order valence-electron chi connectivity index (χ1n) is 9.28. The summed E-state index contributed by atoms with van der Waals surface area (Å²) in [6.45, 7) is 0. The first-order valence-corrected chi connectivity index (χ1v) is 9.28. The van der Waals surface area contributed by atoms with E-state index in [1.807, 2.05) is 72.8 Å². The van der Waals surface area contributed by atoms with Crippen molar-refractivity contribution in [1.29, 1.82) is 0 Å². The Morgan fingerprint density at radius 2 is 1.69 bits per heavy atom. The molecule has 0 bridgehead atoms. The maximum atomic E-state index is 12.8. The van der Waals surface area contributed by atoms with Gasteiger partial charge in [-0.25, -0.2) is 4.79 Å². The summed E-state index contributed by atoms with van der Waals surface area (Å²) >= 11 is 0. The molecule has 6 heteroatoms. The van der Waals surface area contributed by atoms with Gasteiger partial charge in [0, 0.05) is 24.0 Å². The van der Waals surface area contributed by atoms with Crippen molar-refractivity contribution in [2.75, 3.05) is 10.6 Å². The van der Waals surface area contributed by atoms with Gasteiger partial charge in [0.2, 0.25) is 0 Å². The Labute approximate surface area is 166 Å². The Morgan fingerprint density at radius 1 is 0.931 bits per heavy atom. The molecule has 0 spiro atoms. The van der Waals surface area contributed by atoms with Gasteiger partial charge in [-0.1, -0.05) is 48.5 Å². The number of carbonyl (C=O) groups is 1. The molecule has 4 aromatic rings. The number of anilines is 2. The highest BCUT2D eigenvalue weighted by Gasteiger charge is 2.28. The number of hydrogen-bond donors (Lipinski definition) is 3. The summed E-state index contributed by atoms with van der Waals surface area (Å²) < 4.78 is 1.57. The number of aryl methyl sites for hydroxylation is 1. The molecule has 5 rings (SSSR count). The molecule has 2 heterocycles. The van der Waals surface area contributed by atoms with Crippen LogP contribution in [0, 0.1) is 0 Å². The van der Waals surface area contributed by atoms with E-state index in [0.717, 1.165) is 33.5 Å².